The fourth-order valence-corrected chi connectivity index (χ4v) is 2.73. The summed E-state index contributed by atoms with van der Waals surface area (Å²) in [7, 11) is 0. The van der Waals surface area contributed by atoms with Gasteiger partial charge in [-0.15, -0.1) is 0 Å². The minimum atomic E-state index is -0.671. The lowest BCUT2D eigenvalue weighted by Gasteiger charge is -2.16. The molecule has 0 spiro atoms. The minimum Gasteiger partial charge on any atom is -0.384 e. The highest BCUT2D eigenvalue weighted by atomic mass is 16.2. The van der Waals surface area contributed by atoms with E-state index in [2.05, 4.69) is 10.6 Å². The zero-order valence-electron chi connectivity index (χ0n) is 13.6. The number of fused-ring (bicyclic) bond motifs is 1. The molecule has 3 amide bonds. The molecule has 8 heteroatoms. The first-order chi connectivity index (χ1) is 11.8. The molecule has 0 aliphatic carbocycles. The van der Waals surface area contributed by atoms with E-state index in [-0.39, 0.29) is 40.1 Å². The third kappa shape index (κ3) is 2.67. The van der Waals surface area contributed by atoms with Crippen molar-refractivity contribution in [2.24, 2.45) is 0 Å². The molecule has 25 heavy (non-hydrogen) atoms. The fourth-order valence-electron chi connectivity index (χ4n) is 2.73. The molecule has 1 aliphatic rings. The third-order valence-corrected chi connectivity index (χ3v) is 3.76. The van der Waals surface area contributed by atoms with E-state index in [9.17, 15) is 19.2 Å². The Balaban J connectivity index is 2.25. The molecule has 3 rings (SSSR count). The van der Waals surface area contributed by atoms with E-state index in [4.69, 9.17) is 5.73 Å². The Kier molecular flexibility index (Phi) is 3.88. The SMILES string of the molecule is CC(C)NC(=O)c1ccccc1-n1c(N)c2c(cc1=O)C(=O)NC2=O. The molecule has 1 aromatic carbocycles. The van der Waals surface area contributed by atoms with E-state index in [1.165, 1.54) is 0 Å². The largest absolute Gasteiger partial charge is 0.384 e. The van der Waals surface area contributed by atoms with Crippen LogP contribution in [0, 0.1) is 0 Å². The van der Waals surface area contributed by atoms with Crippen molar-refractivity contribution in [1.29, 1.82) is 0 Å². The van der Waals surface area contributed by atoms with Gasteiger partial charge in [0.25, 0.3) is 23.3 Å². The first-order valence-electron chi connectivity index (χ1n) is 7.62. The van der Waals surface area contributed by atoms with Gasteiger partial charge in [-0.2, -0.15) is 0 Å². The summed E-state index contributed by atoms with van der Waals surface area (Å²) in [6, 6.07) is 7.35. The van der Waals surface area contributed by atoms with Gasteiger partial charge in [-0.25, -0.2) is 0 Å². The fraction of sp³-hybridized carbons (Fsp3) is 0.176. The van der Waals surface area contributed by atoms with Gasteiger partial charge in [0.05, 0.1) is 22.4 Å². The number of carbonyl (C=O) groups excluding carboxylic acids is 3. The van der Waals surface area contributed by atoms with Gasteiger partial charge in [-0.05, 0) is 26.0 Å². The van der Waals surface area contributed by atoms with Crippen LogP contribution < -0.4 is 21.9 Å². The zero-order valence-corrected chi connectivity index (χ0v) is 13.6. The number of para-hydroxylation sites is 1. The average Bonchev–Trinajstić information content (AvgIpc) is 2.81. The Morgan fingerprint density at radius 2 is 1.84 bits per heavy atom. The van der Waals surface area contributed by atoms with Gasteiger partial charge in [0, 0.05) is 12.1 Å². The average molecular weight is 340 g/mol. The van der Waals surface area contributed by atoms with Gasteiger partial charge < -0.3 is 11.1 Å². The molecule has 1 aliphatic heterocycles. The van der Waals surface area contributed by atoms with Crippen LogP contribution in [-0.2, 0) is 0 Å². The van der Waals surface area contributed by atoms with Gasteiger partial charge in [0.1, 0.15) is 5.82 Å². The van der Waals surface area contributed by atoms with Crippen LogP contribution in [0.15, 0.2) is 35.1 Å². The molecule has 8 nitrogen and oxygen atoms in total. The van der Waals surface area contributed by atoms with Crippen molar-refractivity contribution in [3.63, 3.8) is 0 Å². The van der Waals surface area contributed by atoms with Gasteiger partial charge in [0.2, 0.25) is 0 Å². The Morgan fingerprint density at radius 3 is 2.52 bits per heavy atom. The second-order valence-corrected chi connectivity index (χ2v) is 5.92. The highest BCUT2D eigenvalue weighted by Gasteiger charge is 2.32. The number of benzene rings is 1. The molecule has 0 radical (unpaired) electrons. The van der Waals surface area contributed by atoms with Gasteiger partial charge >= 0.3 is 0 Å². The summed E-state index contributed by atoms with van der Waals surface area (Å²) in [5.74, 6) is -1.90. The summed E-state index contributed by atoms with van der Waals surface area (Å²) in [5, 5.41) is 4.85. The van der Waals surface area contributed by atoms with Crippen LogP contribution in [0.5, 0.6) is 0 Å². The van der Waals surface area contributed by atoms with E-state index >= 15 is 0 Å². The molecule has 0 saturated heterocycles. The van der Waals surface area contributed by atoms with Crippen LogP contribution in [0.25, 0.3) is 5.69 Å². The number of nitrogens with zero attached hydrogens (tertiary/aromatic N) is 1. The maximum Gasteiger partial charge on any atom is 0.262 e. The van der Waals surface area contributed by atoms with Crippen LogP contribution in [-0.4, -0.2) is 28.3 Å². The zero-order chi connectivity index (χ0) is 18.3. The molecular formula is C17H16N4O4. The highest BCUT2D eigenvalue weighted by molar-refractivity contribution is 6.23. The van der Waals surface area contributed by atoms with E-state index < -0.39 is 17.4 Å². The Labute approximate surface area is 142 Å². The van der Waals surface area contributed by atoms with E-state index in [0.29, 0.717) is 0 Å². The lowest BCUT2D eigenvalue weighted by atomic mass is 10.1. The molecule has 128 valence electrons. The number of rotatable bonds is 3. The standard InChI is InChI=1S/C17H16N4O4/c1-8(2)19-15(23)9-5-3-4-6-11(9)21-12(22)7-10-13(14(21)18)17(25)20-16(10)24/h3-8H,18H2,1-2H3,(H,19,23)(H,20,24,25). The van der Waals surface area contributed by atoms with Crippen molar-refractivity contribution in [2.75, 3.05) is 5.73 Å². The van der Waals surface area contributed by atoms with Crippen molar-refractivity contribution in [3.8, 4) is 5.69 Å². The second kappa shape index (κ2) is 5.90. The summed E-state index contributed by atoms with van der Waals surface area (Å²) in [5.41, 5.74) is 5.74. The topological polar surface area (TPSA) is 123 Å². The van der Waals surface area contributed by atoms with Crippen molar-refractivity contribution in [3.05, 3.63) is 57.4 Å². The number of aromatic nitrogens is 1. The van der Waals surface area contributed by atoms with Crippen molar-refractivity contribution in [1.82, 2.24) is 15.2 Å². The molecule has 0 fully saturated rings. The number of anilines is 1. The highest BCUT2D eigenvalue weighted by Crippen LogP contribution is 2.24. The van der Waals surface area contributed by atoms with Crippen LogP contribution in [0.4, 0.5) is 5.82 Å². The van der Waals surface area contributed by atoms with E-state index in [0.717, 1.165) is 10.6 Å². The monoisotopic (exact) mass is 340 g/mol. The minimum absolute atomic E-state index is 0.0622. The van der Waals surface area contributed by atoms with Crippen molar-refractivity contribution in [2.45, 2.75) is 19.9 Å². The number of nitrogens with one attached hydrogen (secondary N) is 2. The van der Waals surface area contributed by atoms with Gasteiger partial charge in [0.15, 0.2) is 0 Å². The quantitative estimate of drug-likeness (QED) is 0.700. The first kappa shape index (κ1) is 16.4. The summed E-state index contributed by atoms with van der Waals surface area (Å²) in [6.07, 6.45) is 0. The number of hydrogen-bond acceptors (Lipinski definition) is 5. The molecule has 0 saturated carbocycles. The van der Waals surface area contributed by atoms with Crippen molar-refractivity contribution >= 4 is 23.5 Å². The third-order valence-electron chi connectivity index (χ3n) is 3.76. The van der Waals surface area contributed by atoms with E-state index in [1.54, 1.807) is 24.3 Å². The summed E-state index contributed by atoms with van der Waals surface area (Å²) < 4.78 is 1.06. The van der Waals surface area contributed by atoms with Crippen molar-refractivity contribution < 1.29 is 14.4 Å². The molecule has 1 aromatic heterocycles. The molecule has 2 aromatic rings. The summed E-state index contributed by atoms with van der Waals surface area (Å²) >= 11 is 0. The summed E-state index contributed by atoms with van der Waals surface area (Å²) in [4.78, 5) is 48.6. The predicted octanol–water partition coefficient (Wildman–Crippen LogP) is 0.441. The molecule has 0 atom stereocenters. The van der Waals surface area contributed by atoms with Gasteiger partial charge in [-0.1, -0.05) is 12.1 Å². The number of pyridine rings is 1. The molecule has 4 N–H and O–H groups in total. The number of nitrogen functional groups attached to an aromatic ring is 1. The van der Waals surface area contributed by atoms with Crippen LogP contribution in [0.3, 0.4) is 0 Å². The maximum atomic E-state index is 12.5. The van der Waals surface area contributed by atoms with Crippen LogP contribution >= 0.6 is 0 Å². The number of amides is 3. The second-order valence-electron chi connectivity index (χ2n) is 5.92. The first-order valence-corrected chi connectivity index (χ1v) is 7.62. The molecule has 2 heterocycles. The predicted molar refractivity (Wildman–Crippen MR) is 90.9 cm³/mol. The summed E-state index contributed by atoms with van der Waals surface area (Å²) in [6.45, 7) is 3.62. The lowest BCUT2D eigenvalue weighted by Crippen LogP contribution is -2.32. The molecule has 0 unspecified atom stereocenters. The Hall–Kier alpha value is -3.42. The maximum absolute atomic E-state index is 12.5. The normalized spacial score (nSPS) is 12.9. The smallest absolute Gasteiger partial charge is 0.262 e. The van der Waals surface area contributed by atoms with Crippen LogP contribution in [0.1, 0.15) is 44.9 Å². The van der Waals surface area contributed by atoms with Gasteiger partial charge in [-0.3, -0.25) is 29.1 Å². The van der Waals surface area contributed by atoms with Crippen LogP contribution in [0.2, 0.25) is 0 Å². The number of imide groups is 1. The Bertz CT molecular complexity index is 975. The lowest BCUT2D eigenvalue weighted by molar-refractivity contribution is 0.0878. The number of hydrogen-bond donors (Lipinski definition) is 3. The Morgan fingerprint density at radius 1 is 1.16 bits per heavy atom. The van der Waals surface area contributed by atoms with E-state index in [1.807, 2.05) is 13.8 Å². The number of carbonyl (C=O) groups is 3. The molecule has 0 bridgehead atoms. The number of nitrogens with two attached hydrogens (primary N) is 1. The molecular weight excluding hydrogens is 324 g/mol.